The lowest BCUT2D eigenvalue weighted by molar-refractivity contribution is 0.459. The first-order valence-corrected chi connectivity index (χ1v) is 10.0. The highest BCUT2D eigenvalue weighted by atomic mass is 16.6. The summed E-state index contributed by atoms with van der Waals surface area (Å²) < 4.78 is 11.1. The van der Waals surface area contributed by atoms with E-state index in [0.29, 0.717) is 45.6 Å². The third-order valence-corrected chi connectivity index (χ3v) is 4.35. The number of nitrogens with zero attached hydrogens (tertiary/aromatic N) is 4. The fourth-order valence-corrected chi connectivity index (χ4v) is 2.69. The summed E-state index contributed by atoms with van der Waals surface area (Å²) in [5.74, 6) is 1.12. The van der Waals surface area contributed by atoms with Crippen LogP contribution in [-0.2, 0) is 0 Å². The number of rotatable bonds is 8. The van der Waals surface area contributed by atoms with Gasteiger partial charge in [-0.3, -0.25) is 0 Å². The molecular weight excluding hydrogens is 415 g/mol. The minimum absolute atomic E-state index is 0.558. The van der Waals surface area contributed by atoms with Crippen molar-refractivity contribution in [3.8, 4) is 11.5 Å². The summed E-state index contributed by atoms with van der Waals surface area (Å²) in [5, 5.41) is 16.8. The number of hydrogen-bond acceptors (Lipinski definition) is 8. The molecule has 0 bridgehead atoms. The van der Waals surface area contributed by atoms with E-state index in [1.54, 1.807) is 72.8 Å². The lowest BCUT2D eigenvalue weighted by Crippen LogP contribution is -2.10. The number of hydrogen-bond donors (Lipinski definition) is 2. The molecule has 8 nitrogen and oxygen atoms in total. The maximum Gasteiger partial charge on any atom is 0.658 e. The van der Waals surface area contributed by atoms with Crippen molar-refractivity contribution in [2.24, 2.45) is 20.5 Å². The zero-order valence-corrected chi connectivity index (χ0v) is 17.6. The van der Waals surface area contributed by atoms with E-state index in [1.165, 1.54) is 7.69 Å². The van der Waals surface area contributed by atoms with Gasteiger partial charge in [0.05, 0.1) is 22.7 Å². The second-order valence-corrected chi connectivity index (χ2v) is 6.91. The summed E-state index contributed by atoms with van der Waals surface area (Å²) in [6.07, 6.45) is 0. The van der Waals surface area contributed by atoms with Gasteiger partial charge in [-0.15, -0.1) is 0 Å². The molecule has 0 spiro atoms. The van der Waals surface area contributed by atoms with E-state index >= 15 is 0 Å². The van der Waals surface area contributed by atoms with E-state index in [2.05, 4.69) is 20.5 Å². The number of anilines is 2. The Morgan fingerprint density at radius 1 is 0.485 bits per heavy atom. The summed E-state index contributed by atoms with van der Waals surface area (Å²) in [6.45, 7) is 0. The van der Waals surface area contributed by atoms with E-state index in [-0.39, 0.29) is 0 Å². The minimum atomic E-state index is 0.558. The van der Waals surface area contributed by atoms with E-state index in [4.69, 9.17) is 20.8 Å². The molecule has 0 aromatic heterocycles. The maximum absolute atomic E-state index is 5.68. The molecule has 0 fully saturated rings. The lowest BCUT2D eigenvalue weighted by Gasteiger charge is -2.07. The van der Waals surface area contributed by atoms with E-state index < -0.39 is 0 Å². The second-order valence-electron chi connectivity index (χ2n) is 6.91. The van der Waals surface area contributed by atoms with Crippen molar-refractivity contribution >= 4 is 41.8 Å². The van der Waals surface area contributed by atoms with Crippen molar-refractivity contribution in [2.75, 3.05) is 11.5 Å². The van der Waals surface area contributed by atoms with Crippen LogP contribution in [0, 0.1) is 0 Å². The zero-order chi connectivity index (χ0) is 22.9. The van der Waals surface area contributed by atoms with Crippen LogP contribution in [0.15, 0.2) is 118 Å². The average Bonchev–Trinajstić information content (AvgIpc) is 2.84. The molecule has 4 aromatic rings. The topological polar surface area (TPSA) is 120 Å². The molecule has 0 aliphatic carbocycles. The number of benzene rings is 4. The number of nitrogens with two attached hydrogens (primary N) is 2. The van der Waals surface area contributed by atoms with Gasteiger partial charge in [-0.2, -0.15) is 20.5 Å². The van der Waals surface area contributed by atoms with Crippen LogP contribution in [0.1, 0.15) is 0 Å². The Balaban J connectivity index is 1.32. The van der Waals surface area contributed by atoms with Gasteiger partial charge in [-0.25, -0.2) is 0 Å². The second kappa shape index (κ2) is 10.6. The molecule has 0 saturated carbocycles. The van der Waals surface area contributed by atoms with Gasteiger partial charge in [0.1, 0.15) is 11.5 Å². The zero-order valence-electron chi connectivity index (χ0n) is 17.6. The highest BCUT2D eigenvalue weighted by Crippen LogP contribution is 2.25. The van der Waals surface area contributed by atoms with Gasteiger partial charge >= 0.3 is 7.69 Å². The molecule has 1 radical (unpaired) electrons. The lowest BCUT2D eigenvalue weighted by atomic mass is 10.2. The summed E-state index contributed by atoms with van der Waals surface area (Å²) in [7, 11) is 1.24. The van der Waals surface area contributed by atoms with Crippen LogP contribution in [0.2, 0.25) is 0 Å². The summed E-state index contributed by atoms with van der Waals surface area (Å²) in [4.78, 5) is 0. The van der Waals surface area contributed by atoms with Crippen molar-refractivity contribution < 1.29 is 9.31 Å². The normalized spacial score (nSPS) is 11.0. The van der Waals surface area contributed by atoms with Crippen LogP contribution in [0.4, 0.5) is 34.1 Å². The Morgan fingerprint density at radius 2 is 0.879 bits per heavy atom. The number of nitrogen functional groups attached to an aromatic ring is 2. The fourth-order valence-electron chi connectivity index (χ4n) is 2.69. The van der Waals surface area contributed by atoms with Gasteiger partial charge in [0.25, 0.3) is 0 Å². The minimum Gasteiger partial charge on any atom is -0.526 e. The molecule has 0 aliphatic heterocycles. The van der Waals surface area contributed by atoms with Gasteiger partial charge in [0.2, 0.25) is 0 Å². The maximum atomic E-state index is 5.68. The molecule has 33 heavy (non-hydrogen) atoms. The average molecular weight is 435 g/mol. The molecule has 4 rings (SSSR count). The Hall–Kier alpha value is -4.66. The smallest absolute Gasteiger partial charge is 0.526 e. The van der Waals surface area contributed by atoms with Gasteiger partial charge in [-0.05, 0) is 72.8 Å². The van der Waals surface area contributed by atoms with Crippen LogP contribution in [0.3, 0.4) is 0 Å². The van der Waals surface area contributed by atoms with Gasteiger partial charge < -0.3 is 20.8 Å². The van der Waals surface area contributed by atoms with E-state index in [1.807, 2.05) is 24.3 Å². The van der Waals surface area contributed by atoms with E-state index in [9.17, 15) is 0 Å². The Labute approximate surface area is 191 Å². The van der Waals surface area contributed by atoms with Gasteiger partial charge in [0, 0.05) is 23.5 Å². The molecule has 0 aliphatic rings. The Kier molecular flexibility index (Phi) is 6.92. The van der Waals surface area contributed by atoms with Gasteiger partial charge in [0.15, 0.2) is 0 Å². The summed E-state index contributed by atoms with van der Waals surface area (Å²) >= 11 is 0. The van der Waals surface area contributed by atoms with Gasteiger partial charge in [-0.1, -0.05) is 12.1 Å². The standard InChI is InChI=1S/C24H20BN6O2/c26-17-7-11-19(12-8-17)28-30-21-3-1-5-23(15-21)32-25-33-24-6-2-4-22(16-24)31-29-20-13-9-18(27)10-14-20/h1-16H,26-27H2. The predicted molar refractivity (Wildman–Crippen MR) is 130 cm³/mol. The molecule has 0 unspecified atom stereocenters. The quantitative estimate of drug-likeness (QED) is 0.182. The molecule has 0 atom stereocenters. The molecule has 0 amide bonds. The fraction of sp³-hybridized carbons (Fsp3) is 0. The summed E-state index contributed by atoms with van der Waals surface area (Å²) in [5.41, 5.74) is 15.4. The Morgan fingerprint density at radius 3 is 1.30 bits per heavy atom. The van der Waals surface area contributed by atoms with Crippen molar-refractivity contribution in [2.45, 2.75) is 0 Å². The van der Waals surface area contributed by atoms with Crippen LogP contribution in [0.25, 0.3) is 0 Å². The first kappa shape index (κ1) is 21.6. The van der Waals surface area contributed by atoms with Crippen molar-refractivity contribution in [3.63, 3.8) is 0 Å². The molecule has 0 saturated heterocycles. The summed E-state index contributed by atoms with van der Waals surface area (Å²) in [6, 6.07) is 28.6. The predicted octanol–water partition coefficient (Wildman–Crippen LogP) is 6.67. The van der Waals surface area contributed by atoms with Crippen molar-refractivity contribution in [3.05, 3.63) is 97.1 Å². The molecular formula is C24H20BN6O2. The van der Waals surface area contributed by atoms with E-state index in [0.717, 1.165) is 0 Å². The van der Waals surface area contributed by atoms with Crippen LogP contribution in [0.5, 0.6) is 11.5 Å². The highest BCUT2D eigenvalue weighted by Gasteiger charge is 2.04. The Bertz CT molecular complexity index is 1160. The number of azo groups is 2. The molecule has 4 N–H and O–H groups in total. The molecule has 9 heteroatoms. The largest absolute Gasteiger partial charge is 0.658 e. The monoisotopic (exact) mass is 435 g/mol. The third kappa shape index (κ3) is 6.66. The first-order valence-electron chi connectivity index (χ1n) is 10.0. The van der Waals surface area contributed by atoms with Crippen molar-refractivity contribution in [1.82, 2.24) is 0 Å². The molecule has 0 heterocycles. The molecule has 4 aromatic carbocycles. The third-order valence-electron chi connectivity index (χ3n) is 4.35. The van der Waals surface area contributed by atoms with Crippen molar-refractivity contribution in [1.29, 1.82) is 0 Å². The highest BCUT2D eigenvalue weighted by molar-refractivity contribution is 6.20. The first-order chi connectivity index (χ1) is 16.1. The van der Waals surface area contributed by atoms with Crippen LogP contribution in [-0.4, -0.2) is 7.69 Å². The SMILES string of the molecule is Nc1ccc(N=Nc2cccc(O[B]Oc3cccc(N=Nc4ccc(N)cc4)c3)c2)cc1. The van der Waals surface area contributed by atoms with Crippen LogP contribution < -0.4 is 20.8 Å². The molecule has 161 valence electrons. The van der Waals surface area contributed by atoms with Crippen LogP contribution >= 0.6 is 0 Å².